The van der Waals surface area contributed by atoms with Crippen molar-refractivity contribution in [2.75, 3.05) is 17.2 Å². The highest BCUT2D eigenvalue weighted by atomic mass is 16.5. The van der Waals surface area contributed by atoms with Crippen molar-refractivity contribution in [1.82, 2.24) is 0 Å². The maximum atomic E-state index is 13.7. The number of para-hydroxylation sites is 3. The molecule has 1 aliphatic heterocycles. The number of anilines is 2. The average molecular weight is 479 g/mol. The highest BCUT2D eigenvalue weighted by Crippen LogP contribution is 2.44. The topological polar surface area (TPSA) is 80.6 Å². The van der Waals surface area contributed by atoms with E-state index >= 15 is 0 Å². The summed E-state index contributed by atoms with van der Waals surface area (Å²) >= 11 is 0. The molecule has 2 unspecified atom stereocenters. The first-order valence-electron chi connectivity index (χ1n) is 12.2. The molecule has 2 heterocycles. The maximum absolute atomic E-state index is 13.7. The van der Waals surface area contributed by atoms with Crippen LogP contribution in [-0.2, 0) is 4.79 Å². The number of ether oxygens (including phenoxy) is 1. The van der Waals surface area contributed by atoms with Crippen LogP contribution in [0.5, 0.6) is 5.75 Å². The Hall–Kier alpha value is -4.32. The molecule has 4 aromatic rings. The Kier molecular flexibility index (Phi) is 5.56. The van der Waals surface area contributed by atoms with Gasteiger partial charge in [0.2, 0.25) is 0 Å². The fourth-order valence-electron chi connectivity index (χ4n) is 5.26. The van der Waals surface area contributed by atoms with Gasteiger partial charge in [0, 0.05) is 17.7 Å². The van der Waals surface area contributed by atoms with Gasteiger partial charge in [-0.25, -0.2) is 0 Å². The molecule has 0 radical (unpaired) electrons. The summed E-state index contributed by atoms with van der Waals surface area (Å²) in [4.78, 5) is 27.3. The zero-order valence-electron chi connectivity index (χ0n) is 19.9. The predicted octanol–water partition coefficient (Wildman–Crippen LogP) is 6.17. The lowest BCUT2D eigenvalue weighted by molar-refractivity contribution is -0.116. The molecular weight excluding hydrogens is 452 g/mol. The van der Waals surface area contributed by atoms with E-state index in [1.165, 1.54) is 6.26 Å². The Balaban J connectivity index is 1.45. The maximum Gasteiger partial charge on any atom is 0.198 e. The molecule has 2 atom stereocenters. The summed E-state index contributed by atoms with van der Waals surface area (Å²) in [6.45, 7) is 2.57. The Morgan fingerprint density at radius 2 is 1.67 bits per heavy atom. The van der Waals surface area contributed by atoms with Gasteiger partial charge in [-0.15, -0.1) is 0 Å². The van der Waals surface area contributed by atoms with Crippen molar-refractivity contribution in [1.29, 1.82) is 0 Å². The number of carbonyl (C=O) groups excluding carboxylic acids is 1. The molecule has 2 aliphatic rings. The third kappa shape index (κ3) is 3.85. The predicted molar refractivity (Wildman–Crippen MR) is 141 cm³/mol. The Bertz CT molecular complexity index is 1550. The third-order valence-electron chi connectivity index (χ3n) is 6.99. The number of benzene rings is 3. The summed E-state index contributed by atoms with van der Waals surface area (Å²) in [5.74, 6) is 0.857. The molecule has 1 aliphatic carbocycles. The standard InChI is InChI=1S/C30H26N2O4/c1-2-35-20-13-11-18(12-14-20)19-15-25-28(26(33)16-19)29(32-24-9-5-4-8-23(24)31-25)22-17-36-27-10-6-3-7-21(27)30(22)34/h3-14,17,19,29,31-32H,2,15-16H2,1H3. The summed E-state index contributed by atoms with van der Waals surface area (Å²) in [5.41, 5.74) is 5.03. The van der Waals surface area contributed by atoms with Crippen molar-refractivity contribution in [3.8, 4) is 5.75 Å². The first-order chi connectivity index (χ1) is 17.6. The van der Waals surface area contributed by atoms with Crippen LogP contribution in [0.25, 0.3) is 11.0 Å². The Morgan fingerprint density at radius 1 is 0.917 bits per heavy atom. The van der Waals surface area contributed by atoms with E-state index in [-0.39, 0.29) is 17.1 Å². The summed E-state index contributed by atoms with van der Waals surface area (Å²) in [7, 11) is 0. The van der Waals surface area contributed by atoms with Crippen LogP contribution in [0.2, 0.25) is 0 Å². The molecule has 2 N–H and O–H groups in total. The molecule has 0 fully saturated rings. The van der Waals surface area contributed by atoms with E-state index in [4.69, 9.17) is 9.15 Å². The largest absolute Gasteiger partial charge is 0.494 e. The lowest BCUT2D eigenvalue weighted by Crippen LogP contribution is -2.29. The number of allylic oxidation sites excluding steroid dienone is 1. The van der Waals surface area contributed by atoms with Gasteiger partial charge in [0.1, 0.15) is 17.6 Å². The van der Waals surface area contributed by atoms with Crippen molar-refractivity contribution in [2.45, 2.75) is 31.7 Å². The number of fused-ring (bicyclic) bond motifs is 2. The van der Waals surface area contributed by atoms with Crippen LogP contribution in [0.3, 0.4) is 0 Å². The third-order valence-corrected chi connectivity index (χ3v) is 6.99. The summed E-state index contributed by atoms with van der Waals surface area (Å²) < 4.78 is 11.4. The number of nitrogens with one attached hydrogen (secondary N) is 2. The van der Waals surface area contributed by atoms with Gasteiger partial charge in [-0.2, -0.15) is 0 Å². The number of ketones is 1. The summed E-state index contributed by atoms with van der Waals surface area (Å²) in [6, 6.07) is 22.3. The minimum absolute atomic E-state index is 0.0144. The molecule has 36 heavy (non-hydrogen) atoms. The second kappa shape index (κ2) is 9.04. The van der Waals surface area contributed by atoms with E-state index in [1.54, 1.807) is 12.1 Å². The number of hydrogen-bond donors (Lipinski definition) is 2. The van der Waals surface area contributed by atoms with Crippen molar-refractivity contribution in [3.05, 3.63) is 112 Å². The van der Waals surface area contributed by atoms with Crippen LogP contribution < -0.4 is 20.8 Å². The second-order valence-electron chi connectivity index (χ2n) is 9.19. The van der Waals surface area contributed by atoms with Gasteiger partial charge in [0.05, 0.1) is 35.0 Å². The summed E-state index contributed by atoms with van der Waals surface area (Å²) in [6.07, 6.45) is 2.51. The van der Waals surface area contributed by atoms with Gasteiger partial charge in [0.25, 0.3) is 0 Å². The highest BCUT2D eigenvalue weighted by molar-refractivity contribution is 6.01. The van der Waals surface area contributed by atoms with Gasteiger partial charge in [-0.3, -0.25) is 9.59 Å². The first kappa shape index (κ1) is 22.2. The smallest absolute Gasteiger partial charge is 0.198 e. The van der Waals surface area contributed by atoms with E-state index in [1.807, 2.05) is 67.6 Å². The van der Waals surface area contributed by atoms with E-state index in [0.717, 1.165) is 28.4 Å². The van der Waals surface area contributed by atoms with E-state index < -0.39 is 6.04 Å². The molecule has 0 saturated heterocycles. The monoisotopic (exact) mass is 478 g/mol. The van der Waals surface area contributed by atoms with Gasteiger partial charge in [-0.1, -0.05) is 36.4 Å². The zero-order valence-corrected chi connectivity index (χ0v) is 19.9. The molecule has 0 spiro atoms. The van der Waals surface area contributed by atoms with Crippen LogP contribution in [0.4, 0.5) is 11.4 Å². The molecule has 0 amide bonds. The minimum atomic E-state index is -0.620. The first-order valence-corrected chi connectivity index (χ1v) is 12.2. The number of hydrogen-bond acceptors (Lipinski definition) is 6. The van der Waals surface area contributed by atoms with Gasteiger partial charge >= 0.3 is 0 Å². The van der Waals surface area contributed by atoms with Crippen LogP contribution in [-0.4, -0.2) is 12.4 Å². The van der Waals surface area contributed by atoms with Crippen molar-refractivity contribution in [3.63, 3.8) is 0 Å². The number of rotatable bonds is 4. The SMILES string of the molecule is CCOc1ccc(C2CC(=O)C3=C(C2)Nc2ccccc2NC3c2coc3ccccc3c2=O)cc1. The fourth-order valence-corrected chi connectivity index (χ4v) is 5.26. The molecule has 180 valence electrons. The molecule has 0 bridgehead atoms. The quantitative estimate of drug-likeness (QED) is 0.365. The van der Waals surface area contributed by atoms with Crippen molar-refractivity contribution < 1.29 is 13.9 Å². The molecule has 1 aromatic heterocycles. The Morgan fingerprint density at radius 3 is 2.47 bits per heavy atom. The zero-order chi connectivity index (χ0) is 24.6. The van der Waals surface area contributed by atoms with Crippen LogP contribution in [0.15, 0.2) is 99.5 Å². The highest BCUT2D eigenvalue weighted by Gasteiger charge is 2.37. The van der Waals surface area contributed by atoms with E-state index in [9.17, 15) is 9.59 Å². The molecule has 6 heteroatoms. The normalized spacial score (nSPS) is 19.1. The van der Waals surface area contributed by atoms with Crippen molar-refractivity contribution in [2.24, 2.45) is 0 Å². The van der Waals surface area contributed by atoms with E-state index in [2.05, 4.69) is 10.6 Å². The molecule has 3 aromatic carbocycles. The lowest BCUT2D eigenvalue weighted by atomic mass is 9.78. The van der Waals surface area contributed by atoms with E-state index in [0.29, 0.717) is 41.6 Å². The molecule has 0 saturated carbocycles. The fraction of sp³-hybridized carbons (Fsp3) is 0.200. The van der Waals surface area contributed by atoms with Crippen LogP contribution >= 0.6 is 0 Å². The second-order valence-corrected chi connectivity index (χ2v) is 9.19. The van der Waals surface area contributed by atoms with Gasteiger partial charge in [0.15, 0.2) is 11.2 Å². The molecular formula is C30H26N2O4. The summed E-state index contributed by atoms with van der Waals surface area (Å²) in [5, 5.41) is 7.49. The minimum Gasteiger partial charge on any atom is -0.494 e. The van der Waals surface area contributed by atoms with Gasteiger partial charge in [-0.05, 0) is 61.2 Å². The Labute approximate surface area is 208 Å². The van der Waals surface area contributed by atoms with Crippen molar-refractivity contribution >= 4 is 28.1 Å². The molecule has 6 rings (SSSR count). The number of carbonyl (C=O) groups is 1. The molecule has 6 nitrogen and oxygen atoms in total. The van der Waals surface area contributed by atoms with Crippen LogP contribution in [0, 0.1) is 0 Å². The lowest BCUT2D eigenvalue weighted by Gasteiger charge is -2.29. The van der Waals surface area contributed by atoms with Crippen LogP contribution in [0.1, 0.15) is 42.9 Å². The number of Topliss-reactive ketones (excluding diaryl/α,β-unsaturated/α-hetero) is 1. The average Bonchev–Trinajstić information content (AvgIpc) is 3.06. The van der Waals surface area contributed by atoms with Gasteiger partial charge < -0.3 is 19.8 Å².